The van der Waals surface area contributed by atoms with Gasteiger partial charge in [-0.05, 0) is 57.3 Å². The standard InChI is InChI=1S/C22H15NO2/c24-14-18-13-17(7-8-21(18)25)20-6-2-4-16-3-1-5-19(22(16)20)15-9-11-23-12-10-15/h1-14,25H. The molecule has 25 heavy (non-hydrogen) atoms. The first-order valence-corrected chi connectivity index (χ1v) is 7.98. The van der Waals surface area contributed by atoms with Gasteiger partial charge < -0.3 is 5.11 Å². The molecule has 0 bridgehead atoms. The zero-order valence-corrected chi connectivity index (χ0v) is 13.4. The van der Waals surface area contributed by atoms with Crippen molar-refractivity contribution in [2.45, 2.75) is 0 Å². The summed E-state index contributed by atoms with van der Waals surface area (Å²) in [6.45, 7) is 0. The van der Waals surface area contributed by atoms with Crippen molar-refractivity contribution in [1.82, 2.24) is 4.98 Å². The minimum Gasteiger partial charge on any atom is -0.507 e. The Balaban J connectivity index is 2.04. The number of aromatic hydroxyl groups is 1. The van der Waals surface area contributed by atoms with E-state index in [1.54, 1.807) is 24.5 Å². The highest BCUT2D eigenvalue weighted by Gasteiger charge is 2.11. The van der Waals surface area contributed by atoms with E-state index in [0.29, 0.717) is 6.29 Å². The highest BCUT2D eigenvalue weighted by Crippen LogP contribution is 2.37. The number of pyridine rings is 1. The van der Waals surface area contributed by atoms with Gasteiger partial charge in [-0.3, -0.25) is 9.78 Å². The summed E-state index contributed by atoms with van der Waals surface area (Å²) in [7, 11) is 0. The Morgan fingerprint density at radius 2 is 1.48 bits per heavy atom. The molecule has 120 valence electrons. The molecule has 0 aliphatic carbocycles. The van der Waals surface area contributed by atoms with Gasteiger partial charge in [-0.15, -0.1) is 0 Å². The molecule has 0 fully saturated rings. The van der Waals surface area contributed by atoms with Crippen molar-refractivity contribution < 1.29 is 9.90 Å². The molecule has 1 N–H and O–H groups in total. The normalized spacial score (nSPS) is 10.7. The first kappa shape index (κ1) is 15.1. The van der Waals surface area contributed by atoms with Gasteiger partial charge in [-0.25, -0.2) is 0 Å². The van der Waals surface area contributed by atoms with E-state index in [4.69, 9.17) is 0 Å². The van der Waals surface area contributed by atoms with Crippen LogP contribution in [0.5, 0.6) is 5.75 Å². The van der Waals surface area contributed by atoms with Crippen molar-refractivity contribution in [3.8, 4) is 28.0 Å². The Morgan fingerprint density at radius 3 is 2.16 bits per heavy atom. The van der Waals surface area contributed by atoms with Gasteiger partial charge >= 0.3 is 0 Å². The number of aldehydes is 1. The van der Waals surface area contributed by atoms with Gasteiger partial charge in [0.15, 0.2) is 6.29 Å². The average Bonchev–Trinajstić information content (AvgIpc) is 2.68. The molecule has 0 aliphatic rings. The topological polar surface area (TPSA) is 50.2 Å². The number of benzene rings is 3. The van der Waals surface area contributed by atoms with E-state index in [1.807, 2.05) is 36.4 Å². The van der Waals surface area contributed by atoms with E-state index >= 15 is 0 Å². The molecule has 0 spiro atoms. The van der Waals surface area contributed by atoms with Gasteiger partial charge in [0.05, 0.1) is 5.56 Å². The van der Waals surface area contributed by atoms with Crippen LogP contribution in [0.25, 0.3) is 33.0 Å². The lowest BCUT2D eigenvalue weighted by molar-refractivity contribution is 0.112. The SMILES string of the molecule is O=Cc1cc(-c2cccc3cccc(-c4ccncc4)c23)ccc1O. The first-order chi connectivity index (χ1) is 12.3. The number of phenols is 1. The van der Waals surface area contributed by atoms with Crippen molar-refractivity contribution in [3.05, 3.63) is 84.7 Å². The second-order valence-electron chi connectivity index (χ2n) is 5.84. The lowest BCUT2D eigenvalue weighted by Crippen LogP contribution is -1.88. The van der Waals surface area contributed by atoms with Gasteiger partial charge in [0.25, 0.3) is 0 Å². The summed E-state index contributed by atoms with van der Waals surface area (Å²) in [5.41, 5.74) is 4.40. The molecule has 1 heterocycles. The van der Waals surface area contributed by atoms with Crippen LogP contribution in [0.1, 0.15) is 10.4 Å². The second-order valence-corrected chi connectivity index (χ2v) is 5.84. The predicted octanol–water partition coefficient (Wildman–Crippen LogP) is 5.09. The van der Waals surface area contributed by atoms with Gasteiger partial charge in [-0.2, -0.15) is 0 Å². The third-order valence-corrected chi connectivity index (χ3v) is 4.36. The number of carbonyl (C=O) groups is 1. The van der Waals surface area contributed by atoms with Crippen LogP contribution < -0.4 is 0 Å². The van der Waals surface area contributed by atoms with Crippen LogP contribution >= 0.6 is 0 Å². The highest BCUT2D eigenvalue weighted by atomic mass is 16.3. The number of rotatable bonds is 3. The molecular weight excluding hydrogens is 310 g/mol. The lowest BCUT2D eigenvalue weighted by atomic mass is 9.91. The number of aromatic nitrogens is 1. The molecule has 0 saturated carbocycles. The Labute approximate surface area is 145 Å². The summed E-state index contributed by atoms with van der Waals surface area (Å²) in [5.74, 6) is -0.00616. The molecule has 3 aromatic carbocycles. The Kier molecular flexibility index (Phi) is 3.75. The molecular formula is C22H15NO2. The maximum absolute atomic E-state index is 11.2. The van der Waals surface area contributed by atoms with E-state index in [-0.39, 0.29) is 11.3 Å². The van der Waals surface area contributed by atoms with Gasteiger partial charge in [0.1, 0.15) is 5.75 Å². The van der Waals surface area contributed by atoms with Crippen molar-refractivity contribution in [3.63, 3.8) is 0 Å². The molecule has 3 nitrogen and oxygen atoms in total. The van der Waals surface area contributed by atoms with Crippen LogP contribution in [0.3, 0.4) is 0 Å². The van der Waals surface area contributed by atoms with Gasteiger partial charge in [-0.1, -0.05) is 42.5 Å². The van der Waals surface area contributed by atoms with Crippen LogP contribution in [0, 0.1) is 0 Å². The maximum Gasteiger partial charge on any atom is 0.153 e. The second kappa shape index (κ2) is 6.21. The zero-order chi connectivity index (χ0) is 17.2. The number of nitrogens with zero attached hydrogens (tertiary/aromatic N) is 1. The quantitative estimate of drug-likeness (QED) is 0.534. The summed E-state index contributed by atoms with van der Waals surface area (Å²) in [4.78, 5) is 15.3. The average molecular weight is 325 g/mol. The van der Waals surface area contributed by atoms with E-state index in [0.717, 1.165) is 33.0 Å². The zero-order valence-electron chi connectivity index (χ0n) is 13.4. The monoisotopic (exact) mass is 325 g/mol. The van der Waals surface area contributed by atoms with Crippen LogP contribution in [-0.4, -0.2) is 16.4 Å². The fraction of sp³-hybridized carbons (Fsp3) is 0. The molecule has 0 unspecified atom stereocenters. The molecule has 3 heteroatoms. The summed E-state index contributed by atoms with van der Waals surface area (Å²) in [5, 5.41) is 12.0. The molecule has 0 radical (unpaired) electrons. The lowest BCUT2D eigenvalue weighted by Gasteiger charge is -2.13. The summed E-state index contributed by atoms with van der Waals surface area (Å²) >= 11 is 0. The van der Waals surface area contributed by atoms with Crippen LogP contribution in [0.15, 0.2) is 79.1 Å². The minimum absolute atomic E-state index is 0.00616. The largest absolute Gasteiger partial charge is 0.507 e. The predicted molar refractivity (Wildman–Crippen MR) is 99.7 cm³/mol. The molecule has 0 aliphatic heterocycles. The van der Waals surface area contributed by atoms with Crippen LogP contribution in [0.2, 0.25) is 0 Å². The molecule has 0 saturated heterocycles. The molecule has 0 amide bonds. The van der Waals surface area contributed by atoms with Crippen molar-refractivity contribution in [1.29, 1.82) is 0 Å². The van der Waals surface area contributed by atoms with Crippen molar-refractivity contribution in [2.75, 3.05) is 0 Å². The Hall–Kier alpha value is -3.46. The number of carbonyl (C=O) groups excluding carboxylic acids is 1. The smallest absolute Gasteiger partial charge is 0.153 e. The Bertz CT molecular complexity index is 1070. The molecule has 4 rings (SSSR count). The number of phenolic OH excluding ortho intramolecular Hbond substituents is 1. The summed E-state index contributed by atoms with van der Waals surface area (Å²) in [6.07, 6.45) is 4.23. The van der Waals surface area contributed by atoms with Crippen LogP contribution in [-0.2, 0) is 0 Å². The molecule has 4 aromatic rings. The number of hydrogen-bond donors (Lipinski definition) is 1. The van der Waals surface area contributed by atoms with Crippen LogP contribution in [0.4, 0.5) is 0 Å². The number of fused-ring (bicyclic) bond motifs is 1. The minimum atomic E-state index is -0.00616. The third-order valence-electron chi connectivity index (χ3n) is 4.36. The molecule has 1 aromatic heterocycles. The van der Waals surface area contributed by atoms with E-state index in [2.05, 4.69) is 23.2 Å². The fourth-order valence-electron chi connectivity index (χ4n) is 3.17. The van der Waals surface area contributed by atoms with Gasteiger partial charge in [0.2, 0.25) is 0 Å². The van der Waals surface area contributed by atoms with Gasteiger partial charge in [0, 0.05) is 12.4 Å². The molecule has 0 atom stereocenters. The Morgan fingerprint density at radius 1 is 0.800 bits per heavy atom. The number of hydrogen-bond acceptors (Lipinski definition) is 3. The maximum atomic E-state index is 11.2. The van der Waals surface area contributed by atoms with Crippen molar-refractivity contribution >= 4 is 17.1 Å². The van der Waals surface area contributed by atoms with E-state index in [1.165, 1.54) is 0 Å². The first-order valence-electron chi connectivity index (χ1n) is 7.98. The fourth-order valence-corrected chi connectivity index (χ4v) is 3.17. The van der Waals surface area contributed by atoms with Crippen molar-refractivity contribution in [2.24, 2.45) is 0 Å². The van der Waals surface area contributed by atoms with E-state index in [9.17, 15) is 9.90 Å². The summed E-state index contributed by atoms with van der Waals surface area (Å²) in [6, 6.07) is 21.4. The third kappa shape index (κ3) is 2.66. The highest BCUT2D eigenvalue weighted by molar-refractivity contribution is 6.06. The van der Waals surface area contributed by atoms with E-state index < -0.39 is 0 Å². The summed E-state index contributed by atoms with van der Waals surface area (Å²) < 4.78 is 0.